The number of hydrogen-bond acceptors (Lipinski definition) is 3. The van der Waals surface area contributed by atoms with Gasteiger partial charge in [-0.25, -0.2) is 0 Å². The highest BCUT2D eigenvalue weighted by molar-refractivity contribution is 5.67. The van der Waals surface area contributed by atoms with Gasteiger partial charge in [-0.05, 0) is 44.7 Å². The summed E-state index contributed by atoms with van der Waals surface area (Å²) in [5.41, 5.74) is 8.44. The third-order valence-electron chi connectivity index (χ3n) is 5.26. The lowest BCUT2D eigenvalue weighted by atomic mass is 9.78. The molecule has 0 aromatic heterocycles. The van der Waals surface area contributed by atoms with Crippen LogP contribution in [0.15, 0.2) is 24.3 Å². The lowest BCUT2D eigenvalue weighted by molar-refractivity contribution is -0.105. The molecule has 0 amide bonds. The minimum atomic E-state index is 0.151. The second kappa shape index (κ2) is 6.27. The van der Waals surface area contributed by atoms with E-state index in [9.17, 15) is 0 Å². The zero-order valence-corrected chi connectivity index (χ0v) is 13.2. The summed E-state index contributed by atoms with van der Waals surface area (Å²) in [4.78, 5) is 2.49. The normalized spacial score (nSPS) is 24.9. The number of anilines is 2. The van der Waals surface area contributed by atoms with Crippen molar-refractivity contribution in [1.82, 2.24) is 0 Å². The van der Waals surface area contributed by atoms with Gasteiger partial charge in [-0.3, -0.25) is 0 Å². The molecule has 116 valence electrons. The summed E-state index contributed by atoms with van der Waals surface area (Å²) in [6, 6.07) is 8.82. The van der Waals surface area contributed by atoms with Crippen LogP contribution in [-0.2, 0) is 4.74 Å². The summed E-state index contributed by atoms with van der Waals surface area (Å²) >= 11 is 0. The topological polar surface area (TPSA) is 38.5 Å². The Labute approximate surface area is 128 Å². The maximum atomic E-state index is 6.24. The number of hydrogen-bond donors (Lipinski definition) is 1. The maximum absolute atomic E-state index is 6.24. The third kappa shape index (κ3) is 3.03. The fourth-order valence-electron chi connectivity index (χ4n) is 4.19. The summed E-state index contributed by atoms with van der Waals surface area (Å²) < 4.78 is 6.24. The van der Waals surface area contributed by atoms with Gasteiger partial charge in [0.2, 0.25) is 0 Å². The summed E-state index contributed by atoms with van der Waals surface area (Å²) in [5, 5.41) is 0. The van der Waals surface area contributed by atoms with Crippen LogP contribution in [0.25, 0.3) is 0 Å². The fraction of sp³-hybridized carbons (Fsp3) is 0.667. The van der Waals surface area contributed by atoms with Gasteiger partial charge in [0.05, 0.1) is 17.0 Å². The van der Waals surface area contributed by atoms with Crippen LogP contribution in [-0.4, -0.2) is 24.8 Å². The molecule has 0 radical (unpaired) electrons. The first-order chi connectivity index (χ1) is 10.2. The number of nitrogens with zero attached hydrogens (tertiary/aromatic N) is 1. The molecule has 1 saturated heterocycles. The Hall–Kier alpha value is -1.22. The van der Waals surface area contributed by atoms with E-state index in [4.69, 9.17) is 10.5 Å². The van der Waals surface area contributed by atoms with Crippen molar-refractivity contribution in [2.45, 2.75) is 63.5 Å². The van der Waals surface area contributed by atoms with Crippen LogP contribution >= 0.6 is 0 Å². The van der Waals surface area contributed by atoms with E-state index < -0.39 is 0 Å². The molecule has 2 aliphatic rings. The summed E-state index contributed by atoms with van der Waals surface area (Å²) in [7, 11) is 0. The molecule has 1 heterocycles. The first-order valence-corrected chi connectivity index (χ1v) is 8.49. The molecule has 1 aliphatic heterocycles. The van der Waals surface area contributed by atoms with E-state index in [0.29, 0.717) is 6.04 Å². The summed E-state index contributed by atoms with van der Waals surface area (Å²) in [5.74, 6) is 0. The minimum Gasteiger partial charge on any atom is -0.397 e. The monoisotopic (exact) mass is 288 g/mol. The van der Waals surface area contributed by atoms with Crippen molar-refractivity contribution in [1.29, 1.82) is 0 Å². The van der Waals surface area contributed by atoms with Crippen molar-refractivity contribution in [2.75, 3.05) is 23.8 Å². The van der Waals surface area contributed by atoms with Crippen LogP contribution in [0.5, 0.6) is 0 Å². The predicted molar refractivity (Wildman–Crippen MR) is 88.7 cm³/mol. The quantitative estimate of drug-likeness (QED) is 0.855. The number of ether oxygens (including phenoxy) is 1. The van der Waals surface area contributed by atoms with Crippen LogP contribution < -0.4 is 10.6 Å². The van der Waals surface area contributed by atoms with Crippen molar-refractivity contribution in [3.05, 3.63) is 24.3 Å². The van der Waals surface area contributed by atoms with Gasteiger partial charge in [-0.2, -0.15) is 0 Å². The summed E-state index contributed by atoms with van der Waals surface area (Å²) in [6.45, 7) is 4.14. The lowest BCUT2D eigenvalue weighted by Crippen LogP contribution is -2.50. The van der Waals surface area contributed by atoms with E-state index in [2.05, 4.69) is 24.0 Å². The van der Waals surface area contributed by atoms with Gasteiger partial charge in [-0.15, -0.1) is 0 Å². The Balaban J connectivity index is 1.79. The molecule has 3 heteroatoms. The molecule has 1 spiro atoms. The highest BCUT2D eigenvalue weighted by Crippen LogP contribution is 2.41. The molecule has 2 fully saturated rings. The molecule has 1 saturated carbocycles. The number of rotatable bonds is 3. The van der Waals surface area contributed by atoms with Gasteiger partial charge < -0.3 is 15.4 Å². The number of nitrogens with two attached hydrogens (primary N) is 1. The van der Waals surface area contributed by atoms with Gasteiger partial charge in [0, 0.05) is 19.2 Å². The molecule has 3 rings (SSSR count). The maximum Gasteiger partial charge on any atom is 0.0702 e. The van der Waals surface area contributed by atoms with Crippen LogP contribution in [0, 0.1) is 0 Å². The second-order valence-corrected chi connectivity index (χ2v) is 6.58. The van der Waals surface area contributed by atoms with E-state index in [1.54, 1.807) is 0 Å². The van der Waals surface area contributed by atoms with E-state index in [0.717, 1.165) is 31.7 Å². The molecular formula is C18H28N2O. The Bertz CT molecular complexity index is 463. The Kier molecular flexibility index (Phi) is 4.39. The molecule has 1 unspecified atom stereocenters. The predicted octanol–water partition coefficient (Wildman–Crippen LogP) is 3.98. The van der Waals surface area contributed by atoms with Crippen molar-refractivity contribution >= 4 is 11.4 Å². The smallest absolute Gasteiger partial charge is 0.0702 e. The molecule has 1 aromatic carbocycles. The Morgan fingerprint density at radius 3 is 2.71 bits per heavy atom. The van der Waals surface area contributed by atoms with Crippen molar-refractivity contribution in [2.24, 2.45) is 0 Å². The van der Waals surface area contributed by atoms with Gasteiger partial charge in [-0.1, -0.05) is 31.4 Å². The first-order valence-electron chi connectivity index (χ1n) is 8.49. The number of benzene rings is 1. The van der Waals surface area contributed by atoms with Crippen LogP contribution in [0.2, 0.25) is 0 Å². The molecule has 1 aromatic rings. The molecule has 0 bridgehead atoms. The Morgan fingerprint density at radius 1 is 1.24 bits per heavy atom. The number of para-hydroxylation sites is 2. The molecular weight excluding hydrogens is 260 g/mol. The standard InChI is InChI=1S/C18H28N2O/c1-2-20(17-9-5-4-8-16(17)19)15-10-13-21-18(14-15)11-6-3-7-12-18/h4-5,8-9,15H,2-3,6-7,10-14,19H2,1H3. The number of nitrogen functional groups attached to an aromatic ring is 1. The zero-order valence-electron chi connectivity index (χ0n) is 13.2. The van der Waals surface area contributed by atoms with Crippen molar-refractivity contribution < 1.29 is 4.74 Å². The highest BCUT2D eigenvalue weighted by atomic mass is 16.5. The molecule has 3 nitrogen and oxygen atoms in total. The van der Waals surface area contributed by atoms with Gasteiger partial charge in [0.25, 0.3) is 0 Å². The summed E-state index contributed by atoms with van der Waals surface area (Å²) in [6.07, 6.45) is 8.79. The van der Waals surface area contributed by atoms with E-state index >= 15 is 0 Å². The Morgan fingerprint density at radius 2 is 2.00 bits per heavy atom. The SMILES string of the molecule is CCN(c1ccccc1N)C1CCOC2(CCCCC2)C1. The van der Waals surface area contributed by atoms with Crippen LogP contribution in [0.3, 0.4) is 0 Å². The van der Waals surface area contributed by atoms with Gasteiger partial charge in [0.15, 0.2) is 0 Å². The van der Waals surface area contributed by atoms with Crippen molar-refractivity contribution in [3.63, 3.8) is 0 Å². The molecule has 21 heavy (non-hydrogen) atoms. The van der Waals surface area contributed by atoms with Crippen LogP contribution in [0.1, 0.15) is 51.9 Å². The molecule has 1 atom stereocenters. The first kappa shape index (κ1) is 14.7. The molecule has 1 aliphatic carbocycles. The van der Waals surface area contributed by atoms with E-state index in [1.165, 1.54) is 37.8 Å². The van der Waals surface area contributed by atoms with E-state index in [-0.39, 0.29) is 5.60 Å². The third-order valence-corrected chi connectivity index (χ3v) is 5.26. The largest absolute Gasteiger partial charge is 0.397 e. The lowest BCUT2D eigenvalue weighted by Gasteiger charge is -2.47. The average Bonchev–Trinajstić information content (AvgIpc) is 2.51. The highest BCUT2D eigenvalue weighted by Gasteiger charge is 2.40. The average molecular weight is 288 g/mol. The van der Waals surface area contributed by atoms with Gasteiger partial charge in [0.1, 0.15) is 0 Å². The van der Waals surface area contributed by atoms with Crippen LogP contribution in [0.4, 0.5) is 11.4 Å². The zero-order chi connectivity index (χ0) is 14.7. The van der Waals surface area contributed by atoms with E-state index in [1.807, 2.05) is 12.1 Å². The fourth-order valence-corrected chi connectivity index (χ4v) is 4.19. The van der Waals surface area contributed by atoms with Gasteiger partial charge >= 0.3 is 0 Å². The van der Waals surface area contributed by atoms with Crippen molar-refractivity contribution in [3.8, 4) is 0 Å². The second-order valence-electron chi connectivity index (χ2n) is 6.58. The minimum absolute atomic E-state index is 0.151. The molecule has 2 N–H and O–H groups in total.